The van der Waals surface area contributed by atoms with Gasteiger partial charge >= 0.3 is 0 Å². The van der Waals surface area contributed by atoms with Gasteiger partial charge in [0.2, 0.25) is 0 Å². The molecule has 0 saturated carbocycles. The molecule has 0 fully saturated rings. The van der Waals surface area contributed by atoms with E-state index in [1.54, 1.807) is 0 Å². The molecular formula is C38H24N2O. The summed E-state index contributed by atoms with van der Waals surface area (Å²) in [5.74, 6) is 2.44. The van der Waals surface area contributed by atoms with Gasteiger partial charge in [0.05, 0.1) is 11.4 Å². The Labute approximate surface area is 238 Å². The van der Waals surface area contributed by atoms with Crippen LogP contribution in [0.15, 0.2) is 146 Å². The van der Waals surface area contributed by atoms with E-state index >= 15 is 0 Å². The number of rotatable bonds is 4. The van der Waals surface area contributed by atoms with E-state index in [2.05, 4.69) is 109 Å². The fourth-order valence-corrected chi connectivity index (χ4v) is 5.73. The number of fused-ring (bicyclic) bond motifs is 2. The second-order valence-corrected chi connectivity index (χ2v) is 10.2. The van der Waals surface area contributed by atoms with E-state index < -0.39 is 0 Å². The van der Waals surface area contributed by atoms with Gasteiger partial charge in [-0.1, -0.05) is 115 Å². The summed E-state index contributed by atoms with van der Waals surface area (Å²) in [5, 5.41) is 2.32. The summed E-state index contributed by atoms with van der Waals surface area (Å²) in [6, 6.07) is 50.2. The molecule has 0 amide bonds. The fourth-order valence-electron chi connectivity index (χ4n) is 5.73. The second-order valence-electron chi connectivity index (χ2n) is 10.2. The Hall–Kier alpha value is -5.54. The third kappa shape index (κ3) is 4.07. The number of hydrogen-bond acceptors (Lipinski definition) is 3. The zero-order chi connectivity index (χ0) is 27.2. The Kier molecular flexibility index (Phi) is 5.46. The number of benzene rings is 6. The van der Waals surface area contributed by atoms with Crippen LogP contribution in [0.5, 0.6) is 11.5 Å². The fraction of sp³-hybridized carbons (Fsp3) is 0. The monoisotopic (exact) mass is 524 g/mol. The molecule has 41 heavy (non-hydrogen) atoms. The molecule has 0 aliphatic carbocycles. The summed E-state index contributed by atoms with van der Waals surface area (Å²) < 4.78 is 6.48. The molecule has 1 aliphatic rings. The van der Waals surface area contributed by atoms with E-state index in [0.717, 1.165) is 50.5 Å². The standard InChI is InChI=1S/C38H24N2O/c1-4-11-25(12-5-1)29-20-22-36-37-30(29)17-10-18-31(37)32-23-28(19-21-35(32)41-36)34-24-33(26-13-6-2-7-14-26)39-38(40-34)27-15-8-3-9-16-27/h1-24H. The van der Waals surface area contributed by atoms with E-state index in [1.165, 1.54) is 22.1 Å². The van der Waals surface area contributed by atoms with E-state index in [9.17, 15) is 0 Å². The first kappa shape index (κ1) is 23.4. The molecule has 2 heterocycles. The van der Waals surface area contributed by atoms with Crippen molar-refractivity contribution in [3.63, 3.8) is 0 Å². The zero-order valence-electron chi connectivity index (χ0n) is 22.2. The van der Waals surface area contributed by atoms with Crippen LogP contribution in [0.1, 0.15) is 0 Å². The summed E-state index contributed by atoms with van der Waals surface area (Å²) in [6.45, 7) is 0. The molecule has 192 valence electrons. The van der Waals surface area contributed by atoms with Gasteiger partial charge in [-0.3, -0.25) is 0 Å². The molecule has 1 aliphatic heterocycles. The van der Waals surface area contributed by atoms with Gasteiger partial charge < -0.3 is 4.74 Å². The molecule has 0 radical (unpaired) electrons. The Balaban J connectivity index is 1.31. The maximum atomic E-state index is 6.48. The van der Waals surface area contributed by atoms with Gasteiger partial charge in [-0.25, -0.2) is 9.97 Å². The van der Waals surface area contributed by atoms with Gasteiger partial charge in [0.1, 0.15) is 11.5 Å². The van der Waals surface area contributed by atoms with Crippen LogP contribution in [0.25, 0.3) is 66.9 Å². The Bertz CT molecular complexity index is 2000. The van der Waals surface area contributed by atoms with Crippen molar-refractivity contribution in [2.45, 2.75) is 0 Å². The van der Waals surface area contributed by atoms with Crippen molar-refractivity contribution in [1.82, 2.24) is 9.97 Å². The van der Waals surface area contributed by atoms with Crippen LogP contribution >= 0.6 is 0 Å². The van der Waals surface area contributed by atoms with Crippen molar-refractivity contribution >= 4 is 10.8 Å². The predicted molar refractivity (Wildman–Crippen MR) is 167 cm³/mol. The van der Waals surface area contributed by atoms with Crippen molar-refractivity contribution in [3.05, 3.63) is 146 Å². The highest BCUT2D eigenvalue weighted by Crippen LogP contribution is 2.49. The lowest BCUT2D eigenvalue weighted by Gasteiger charge is -2.23. The molecule has 6 aromatic carbocycles. The summed E-state index contributed by atoms with van der Waals surface area (Å²) in [5.41, 5.74) is 9.44. The van der Waals surface area contributed by atoms with Crippen LogP contribution in [0.3, 0.4) is 0 Å². The molecule has 0 saturated heterocycles. The Morgan fingerprint density at radius 1 is 0.390 bits per heavy atom. The lowest BCUT2D eigenvalue weighted by atomic mass is 9.89. The molecule has 0 bridgehead atoms. The maximum absolute atomic E-state index is 6.48. The molecule has 7 aromatic rings. The zero-order valence-corrected chi connectivity index (χ0v) is 22.2. The van der Waals surface area contributed by atoms with E-state index in [4.69, 9.17) is 14.7 Å². The summed E-state index contributed by atoms with van der Waals surface area (Å²) in [4.78, 5) is 9.99. The number of hydrogen-bond donors (Lipinski definition) is 0. The van der Waals surface area contributed by atoms with Gasteiger partial charge in [0, 0.05) is 27.6 Å². The lowest BCUT2D eigenvalue weighted by Crippen LogP contribution is -1.99. The second kappa shape index (κ2) is 9.58. The molecular weight excluding hydrogens is 500 g/mol. The van der Waals surface area contributed by atoms with Crippen molar-refractivity contribution in [1.29, 1.82) is 0 Å². The van der Waals surface area contributed by atoms with E-state index in [1.807, 2.05) is 36.4 Å². The molecule has 0 spiro atoms. The average molecular weight is 525 g/mol. The lowest BCUT2D eigenvalue weighted by molar-refractivity contribution is 0.487. The highest BCUT2D eigenvalue weighted by molar-refractivity contribution is 6.10. The molecule has 3 heteroatoms. The quantitative estimate of drug-likeness (QED) is 0.230. The summed E-state index contributed by atoms with van der Waals surface area (Å²) in [6.07, 6.45) is 0. The first-order valence-corrected chi connectivity index (χ1v) is 13.8. The largest absolute Gasteiger partial charge is 0.456 e. The van der Waals surface area contributed by atoms with Crippen molar-refractivity contribution in [2.24, 2.45) is 0 Å². The van der Waals surface area contributed by atoms with Gasteiger partial charge in [-0.2, -0.15) is 0 Å². The SMILES string of the molecule is c1ccc(-c2cc(-c3ccc4c(c3)-c3cccc5c(-c6ccccc6)ccc(c35)O4)nc(-c3ccccc3)n2)cc1. The number of nitrogens with zero attached hydrogens (tertiary/aromatic N) is 2. The third-order valence-electron chi connectivity index (χ3n) is 7.70. The van der Waals surface area contributed by atoms with Crippen LogP contribution in [0.4, 0.5) is 0 Å². The molecule has 3 nitrogen and oxygen atoms in total. The molecule has 0 unspecified atom stereocenters. The van der Waals surface area contributed by atoms with Gasteiger partial charge in [0.25, 0.3) is 0 Å². The van der Waals surface area contributed by atoms with Crippen LogP contribution in [0, 0.1) is 0 Å². The number of aromatic nitrogens is 2. The number of ether oxygens (including phenoxy) is 1. The summed E-state index contributed by atoms with van der Waals surface area (Å²) in [7, 11) is 0. The normalized spacial score (nSPS) is 11.6. The minimum Gasteiger partial charge on any atom is -0.456 e. The van der Waals surface area contributed by atoms with Crippen LogP contribution in [-0.4, -0.2) is 9.97 Å². The Morgan fingerprint density at radius 3 is 1.76 bits per heavy atom. The third-order valence-corrected chi connectivity index (χ3v) is 7.70. The van der Waals surface area contributed by atoms with E-state index in [-0.39, 0.29) is 0 Å². The van der Waals surface area contributed by atoms with Crippen LogP contribution in [-0.2, 0) is 0 Å². The van der Waals surface area contributed by atoms with Crippen LogP contribution in [0.2, 0.25) is 0 Å². The maximum Gasteiger partial charge on any atom is 0.160 e. The van der Waals surface area contributed by atoms with Gasteiger partial charge in [-0.05, 0) is 52.4 Å². The average Bonchev–Trinajstić information content (AvgIpc) is 3.06. The van der Waals surface area contributed by atoms with Gasteiger partial charge in [0.15, 0.2) is 5.82 Å². The van der Waals surface area contributed by atoms with Gasteiger partial charge in [-0.15, -0.1) is 0 Å². The van der Waals surface area contributed by atoms with Crippen molar-refractivity contribution < 1.29 is 4.74 Å². The minimum atomic E-state index is 0.705. The molecule has 1 aromatic heterocycles. The van der Waals surface area contributed by atoms with Crippen molar-refractivity contribution in [3.8, 4) is 67.7 Å². The summed E-state index contributed by atoms with van der Waals surface area (Å²) >= 11 is 0. The molecule has 0 N–H and O–H groups in total. The van der Waals surface area contributed by atoms with Crippen LogP contribution < -0.4 is 4.74 Å². The minimum absolute atomic E-state index is 0.705. The Morgan fingerprint density at radius 2 is 1.02 bits per heavy atom. The molecule has 0 atom stereocenters. The highest BCUT2D eigenvalue weighted by atomic mass is 16.5. The highest BCUT2D eigenvalue weighted by Gasteiger charge is 2.22. The smallest absolute Gasteiger partial charge is 0.160 e. The van der Waals surface area contributed by atoms with E-state index in [0.29, 0.717) is 5.82 Å². The predicted octanol–water partition coefficient (Wildman–Crippen LogP) is 10.1. The molecule has 8 rings (SSSR count). The van der Waals surface area contributed by atoms with Crippen molar-refractivity contribution in [2.75, 3.05) is 0 Å². The first-order chi connectivity index (χ1) is 20.3. The first-order valence-electron chi connectivity index (χ1n) is 13.8. The topological polar surface area (TPSA) is 35.0 Å².